The lowest BCUT2D eigenvalue weighted by Gasteiger charge is -2.20. The molecule has 1 aromatic heterocycles. The van der Waals surface area contributed by atoms with Crippen LogP contribution in [-0.4, -0.2) is 56.8 Å². The molecule has 2 atom stereocenters. The van der Waals surface area contributed by atoms with Gasteiger partial charge in [0, 0.05) is 20.0 Å². The molecule has 2 aromatic rings. The van der Waals surface area contributed by atoms with E-state index in [1.807, 2.05) is 25.1 Å². The molecule has 1 fully saturated rings. The van der Waals surface area contributed by atoms with Crippen LogP contribution in [-0.2, 0) is 14.8 Å². The number of fused-ring (bicyclic) bond motifs is 1. The van der Waals surface area contributed by atoms with Gasteiger partial charge in [0.15, 0.2) is 5.58 Å². The highest BCUT2D eigenvalue weighted by Gasteiger charge is 2.34. The van der Waals surface area contributed by atoms with E-state index in [2.05, 4.69) is 10.3 Å². The van der Waals surface area contributed by atoms with E-state index >= 15 is 0 Å². The minimum Gasteiger partial charge on any atom is -0.424 e. The number of hydrogen-bond donors (Lipinski definition) is 1. The molecule has 1 N–H and O–H groups in total. The average molecular weight is 339 g/mol. The standard InChI is InChI=1S/C15H21N3O4S/c1-10-4-5-14-12(6-10)16-15(22-14)17-13-8-21-7-11(13)9-23(19,20)18(2)3/h4-6,11,13H,7-9H2,1-3H3,(H,16,17)/t11-,13+/m0/s1. The summed E-state index contributed by atoms with van der Waals surface area (Å²) >= 11 is 0. The fourth-order valence-corrected chi connectivity index (χ4v) is 3.77. The second-order valence-corrected chi connectivity index (χ2v) is 8.33. The number of aryl methyl sites for hydroxylation is 1. The highest BCUT2D eigenvalue weighted by atomic mass is 32.2. The van der Waals surface area contributed by atoms with Crippen molar-refractivity contribution in [1.82, 2.24) is 9.29 Å². The van der Waals surface area contributed by atoms with Gasteiger partial charge in [-0.15, -0.1) is 0 Å². The SMILES string of the molecule is Cc1ccc2oc(N[C@@H]3COC[C@H]3CS(=O)(=O)N(C)C)nc2c1. The summed E-state index contributed by atoms with van der Waals surface area (Å²) in [5, 5.41) is 3.18. The van der Waals surface area contributed by atoms with Crippen LogP contribution in [0.2, 0.25) is 0 Å². The van der Waals surface area contributed by atoms with E-state index < -0.39 is 10.0 Å². The van der Waals surface area contributed by atoms with Gasteiger partial charge in [-0.2, -0.15) is 4.98 Å². The number of oxazole rings is 1. The number of rotatable bonds is 5. The second-order valence-electron chi connectivity index (χ2n) is 6.10. The summed E-state index contributed by atoms with van der Waals surface area (Å²) in [6.45, 7) is 2.84. The zero-order chi connectivity index (χ0) is 16.6. The third-order valence-electron chi connectivity index (χ3n) is 4.03. The topological polar surface area (TPSA) is 84.7 Å². The van der Waals surface area contributed by atoms with Gasteiger partial charge >= 0.3 is 0 Å². The zero-order valence-corrected chi connectivity index (χ0v) is 14.3. The smallest absolute Gasteiger partial charge is 0.295 e. The van der Waals surface area contributed by atoms with Crippen molar-refractivity contribution in [3.05, 3.63) is 23.8 Å². The Balaban J connectivity index is 1.75. The first-order valence-electron chi connectivity index (χ1n) is 7.47. The normalized spacial score (nSPS) is 22.1. The highest BCUT2D eigenvalue weighted by molar-refractivity contribution is 7.89. The number of aromatic nitrogens is 1. The Morgan fingerprint density at radius 3 is 2.87 bits per heavy atom. The van der Waals surface area contributed by atoms with Gasteiger partial charge in [0.2, 0.25) is 10.0 Å². The lowest BCUT2D eigenvalue weighted by molar-refractivity contribution is 0.187. The molecule has 3 rings (SSSR count). The molecular formula is C15H21N3O4S. The molecule has 1 saturated heterocycles. The fourth-order valence-electron chi connectivity index (χ4n) is 2.60. The number of nitrogens with one attached hydrogen (secondary N) is 1. The minimum absolute atomic E-state index is 0.0387. The molecule has 7 nitrogen and oxygen atoms in total. The van der Waals surface area contributed by atoms with Crippen LogP contribution in [0.1, 0.15) is 5.56 Å². The Kier molecular flexibility index (Phi) is 4.31. The van der Waals surface area contributed by atoms with Crippen LogP contribution >= 0.6 is 0 Å². The number of hydrogen-bond acceptors (Lipinski definition) is 6. The minimum atomic E-state index is -3.27. The number of nitrogens with zero attached hydrogens (tertiary/aromatic N) is 2. The van der Waals surface area contributed by atoms with Crippen molar-refractivity contribution >= 4 is 27.1 Å². The van der Waals surface area contributed by atoms with Crippen molar-refractivity contribution in [1.29, 1.82) is 0 Å². The van der Waals surface area contributed by atoms with Crippen molar-refractivity contribution in [3.63, 3.8) is 0 Å². The van der Waals surface area contributed by atoms with E-state index in [1.165, 1.54) is 18.4 Å². The molecule has 0 spiro atoms. The predicted molar refractivity (Wildman–Crippen MR) is 87.9 cm³/mol. The van der Waals surface area contributed by atoms with Gasteiger partial charge < -0.3 is 14.5 Å². The predicted octanol–water partition coefficient (Wildman–Crippen LogP) is 1.45. The van der Waals surface area contributed by atoms with Crippen LogP contribution in [0.3, 0.4) is 0 Å². The van der Waals surface area contributed by atoms with Crippen molar-refractivity contribution in [2.24, 2.45) is 5.92 Å². The number of anilines is 1. The molecule has 1 aliphatic heterocycles. The molecule has 0 radical (unpaired) electrons. The lowest BCUT2D eigenvalue weighted by Crippen LogP contribution is -2.36. The van der Waals surface area contributed by atoms with E-state index in [9.17, 15) is 8.42 Å². The molecule has 23 heavy (non-hydrogen) atoms. The second kappa shape index (κ2) is 6.10. The number of benzene rings is 1. The highest BCUT2D eigenvalue weighted by Crippen LogP contribution is 2.24. The van der Waals surface area contributed by atoms with Gasteiger partial charge in [-0.3, -0.25) is 0 Å². The summed E-state index contributed by atoms with van der Waals surface area (Å²) < 4.78 is 36.5. The maximum absolute atomic E-state index is 12.1. The van der Waals surface area contributed by atoms with Gasteiger partial charge in [-0.1, -0.05) is 6.07 Å². The molecule has 1 aliphatic rings. The van der Waals surface area contributed by atoms with Crippen LogP contribution < -0.4 is 5.32 Å². The van der Waals surface area contributed by atoms with Gasteiger partial charge in [-0.05, 0) is 24.6 Å². The summed E-state index contributed by atoms with van der Waals surface area (Å²) in [6.07, 6.45) is 0. The summed E-state index contributed by atoms with van der Waals surface area (Å²) in [7, 11) is -0.198. The van der Waals surface area contributed by atoms with Gasteiger partial charge in [0.1, 0.15) is 5.52 Å². The van der Waals surface area contributed by atoms with Crippen LogP contribution in [0.4, 0.5) is 6.01 Å². The van der Waals surface area contributed by atoms with Crippen LogP contribution in [0.25, 0.3) is 11.1 Å². The summed E-state index contributed by atoms with van der Waals surface area (Å²) in [5.74, 6) is -0.101. The zero-order valence-electron chi connectivity index (χ0n) is 13.4. The fraction of sp³-hybridized carbons (Fsp3) is 0.533. The first kappa shape index (κ1) is 16.2. The van der Waals surface area contributed by atoms with E-state index in [0.29, 0.717) is 24.8 Å². The van der Waals surface area contributed by atoms with Crippen LogP contribution in [0, 0.1) is 12.8 Å². The Morgan fingerprint density at radius 2 is 2.13 bits per heavy atom. The van der Waals surface area contributed by atoms with Crippen LogP contribution in [0.5, 0.6) is 0 Å². The van der Waals surface area contributed by atoms with Crippen molar-refractivity contribution < 1.29 is 17.6 Å². The molecule has 0 bridgehead atoms. The largest absolute Gasteiger partial charge is 0.424 e. The first-order chi connectivity index (χ1) is 10.8. The van der Waals surface area contributed by atoms with E-state index in [4.69, 9.17) is 9.15 Å². The molecule has 0 aliphatic carbocycles. The van der Waals surface area contributed by atoms with E-state index in [-0.39, 0.29) is 17.7 Å². The average Bonchev–Trinajstić information content (AvgIpc) is 3.05. The monoisotopic (exact) mass is 339 g/mol. The summed E-state index contributed by atoms with van der Waals surface area (Å²) in [5.41, 5.74) is 2.59. The van der Waals surface area contributed by atoms with Crippen molar-refractivity contribution in [2.75, 3.05) is 38.4 Å². The molecule has 2 heterocycles. The van der Waals surface area contributed by atoms with Gasteiger partial charge in [-0.25, -0.2) is 12.7 Å². The van der Waals surface area contributed by atoms with E-state index in [0.717, 1.165) is 11.1 Å². The molecular weight excluding hydrogens is 318 g/mol. The molecule has 0 amide bonds. The Bertz CT molecular complexity index is 800. The lowest BCUT2D eigenvalue weighted by atomic mass is 10.1. The molecule has 126 valence electrons. The van der Waals surface area contributed by atoms with Crippen molar-refractivity contribution in [2.45, 2.75) is 13.0 Å². The van der Waals surface area contributed by atoms with Gasteiger partial charge in [0.25, 0.3) is 6.01 Å². The molecule has 1 aromatic carbocycles. The Hall–Kier alpha value is -1.64. The number of ether oxygens (including phenoxy) is 1. The van der Waals surface area contributed by atoms with E-state index in [1.54, 1.807) is 0 Å². The quantitative estimate of drug-likeness (QED) is 0.888. The maximum Gasteiger partial charge on any atom is 0.295 e. The molecule has 0 saturated carbocycles. The molecule has 8 heteroatoms. The summed E-state index contributed by atoms with van der Waals surface area (Å²) in [6, 6.07) is 6.04. The third-order valence-corrected chi connectivity index (χ3v) is 5.99. The van der Waals surface area contributed by atoms with Gasteiger partial charge in [0.05, 0.1) is 25.0 Å². The third kappa shape index (κ3) is 3.49. The first-order valence-corrected chi connectivity index (χ1v) is 9.08. The Labute approximate surface area is 135 Å². The number of sulfonamides is 1. The van der Waals surface area contributed by atoms with Crippen LogP contribution in [0.15, 0.2) is 22.6 Å². The molecule has 0 unspecified atom stereocenters. The van der Waals surface area contributed by atoms with Crippen molar-refractivity contribution in [3.8, 4) is 0 Å². The summed E-state index contributed by atoms with van der Waals surface area (Å²) in [4.78, 5) is 4.41. The maximum atomic E-state index is 12.1. The Morgan fingerprint density at radius 1 is 1.35 bits per heavy atom.